The van der Waals surface area contributed by atoms with Crippen LogP contribution < -0.4 is 10.9 Å². The Labute approximate surface area is 129 Å². The molecule has 104 valence electrons. The maximum absolute atomic E-state index is 11.9. The molecule has 20 heavy (non-hydrogen) atoms. The lowest BCUT2D eigenvalue weighted by Gasteiger charge is -2.06. The molecule has 0 aliphatic rings. The van der Waals surface area contributed by atoms with Crippen LogP contribution in [-0.2, 0) is 0 Å². The van der Waals surface area contributed by atoms with Crippen LogP contribution in [-0.4, -0.2) is 11.8 Å². The third-order valence-corrected chi connectivity index (χ3v) is 4.47. The number of benzene rings is 1. The zero-order valence-corrected chi connectivity index (χ0v) is 13.4. The summed E-state index contributed by atoms with van der Waals surface area (Å²) in [6, 6.07) is 8.68. The zero-order chi connectivity index (χ0) is 14.7. The number of nitrogens with one attached hydrogen (secondary N) is 2. The fourth-order valence-corrected chi connectivity index (χ4v) is 2.73. The highest BCUT2D eigenvalue weighted by atomic mass is 79.9. The molecule has 0 aliphatic heterocycles. The molecule has 2 N–H and O–H groups in total. The van der Waals surface area contributed by atoms with Crippen molar-refractivity contribution in [3.63, 3.8) is 0 Å². The standard InChI is InChI=1S/C14H13BrN2O2S/c1-8-7-12(20-9(8)2)14(19)17-16-13(18)10-3-5-11(15)6-4-10/h3-7H,1-2H3,(H,16,18)(H,17,19). The Morgan fingerprint density at radius 1 is 1.05 bits per heavy atom. The Balaban J connectivity index is 1.96. The second-order valence-electron chi connectivity index (χ2n) is 4.26. The van der Waals surface area contributed by atoms with E-state index in [1.165, 1.54) is 11.3 Å². The second-order valence-corrected chi connectivity index (χ2v) is 6.44. The average molecular weight is 353 g/mol. The molecule has 2 rings (SSSR count). The fraction of sp³-hybridized carbons (Fsp3) is 0.143. The van der Waals surface area contributed by atoms with Crippen molar-refractivity contribution in [1.82, 2.24) is 10.9 Å². The third kappa shape index (κ3) is 3.46. The van der Waals surface area contributed by atoms with Crippen LogP contribution in [0.3, 0.4) is 0 Å². The summed E-state index contributed by atoms with van der Waals surface area (Å²) in [4.78, 5) is 25.4. The minimum absolute atomic E-state index is 0.309. The normalized spacial score (nSPS) is 10.2. The Kier molecular flexibility index (Phi) is 4.57. The van der Waals surface area contributed by atoms with Crippen LogP contribution in [0.5, 0.6) is 0 Å². The number of rotatable bonds is 2. The molecule has 4 nitrogen and oxygen atoms in total. The van der Waals surface area contributed by atoms with E-state index in [0.717, 1.165) is 14.9 Å². The van der Waals surface area contributed by atoms with Gasteiger partial charge in [0.05, 0.1) is 4.88 Å². The molecule has 0 aliphatic carbocycles. The van der Waals surface area contributed by atoms with Crippen molar-refractivity contribution in [3.05, 3.63) is 55.7 Å². The Hall–Kier alpha value is -1.66. The van der Waals surface area contributed by atoms with Crippen molar-refractivity contribution in [3.8, 4) is 0 Å². The summed E-state index contributed by atoms with van der Waals surface area (Å²) in [6.45, 7) is 3.90. The first kappa shape index (κ1) is 14.7. The van der Waals surface area contributed by atoms with E-state index in [-0.39, 0.29) is 11.8 Å². The van der Waals surface area contributed by atoms with Gasteiger partial charge in [-0.3, -0.25) is 20.4 Å². The summed E-state index contributed by atoms with van der Waals surface area (Å²) in [7, 11) is 0. The maximum atomic E-state index is 11.9. The summed E-state index contributed by atoms with van der Waals surface area (Å²) in [5.41, 5.74) is 6.36. The van der Waals surface area contributed by atoms with Gasteiger partial charge in [-0.25, -0.2) is 0 Å². The molecule has 0 fully saturated rings. The lowest BCUT2D eigenvalue weighted by atomic mass is 10.2. The molecule has 1 heterocycles. The molecule has 6 heteroatoms. The van der Waals surface area contributed by atoms with Gasteiger partial charge in [0.1, 0.15) is 0 Å². The first-order valence-electron chi connectivity index (χ1n) is 5.90. The first-order chi connectivity index (χ1) is 9.47. The summed E-state index contributed by atoms with van der Waals surface area (Å²) in [5.74, 6) is -0.660. The van der Waals surface area contributed by atoms with Gasteiger partial charge in [-0.05, 0) is 49.7 Å². The highest BCUT2D eigenvalue weighted by Crippen LogP contribution is 2.20. The molecular weight excluding hydrogens is 340 g/mol. The minimum atomic E-state index is -0.351. The summed E-state index contributed by atoms with van der Waals surface area (Å²) in [6.07, 6.45) is 0. The van der Waals surface area contributed by atoms with Crippen molar-refractivity contribution in [2.45, 2.75) is 13.8 Å². The van der Waals surface area contributed by atoms with Crippen LogP contribution in [0.15, 0.2) is 34.8 Å². The van der Waals surface area contributed by atoms with Crippen molar-refractivity contribution in [2.75, 3.05) is 0 Å². The van der Waals surface area contributed by atoms with Crippen LogP contribution in [0.4, 0.5) is 0 Å². The van der Waals surface area contributed by atoms with E-state index < -0.39 is 0 Å². The summed E-state index contributed by atoms with van der Waals surface area (Å²) < 4.78 is 0.891. The molecule has 1 aromatic carbocycles. The molecule has 0 unspecified atom stereocenters. The Bertz CT molecular complexity index is 630. The van der Waals surface area contributed by atoms with Gasteiger partial charge in [-0.1, -0.05) is 15.9 Å². The molecule has 0 bridgehead atoms. The molecule has 1 aromatic heterocycles. The predicted octanol–water partition coefficient (Wildman–Crippen LogP) is 3.20. The SMILES string of the molecule is Cc1cc(C(=O)NNC(=O)c2ccc(Br)cc2)sc1C. The first-order valence-corrected chi connectivity index (χ1v) is 7.51. The van der Waals surface area contributed by atoms with Gasteiger partial charge >= 0.3 is 0 Å². The fourth-order valence-electron chi connectivity index (χ4n) is 1.53. The molecule has 2 amide bonds. The molecule has 0 saturated carbocycles. The van der Waals surface area contributed by atoms with E-state index in [2.05, 4.69) is 26.8 Å². The summed E-state index contributed by atoms with van der Waals surface area (Å²) in [5, 5.41) is 0. The number of hydrogen-bond acceptors (Lipinski definition) is 3. The highest BCUT2D eigenvalue weighted by molar-refractivity contribution is 9.10. The Morgan fingerprint density at radius 2 is 1.65 bits per heavy atom. The number of hydrazine groups is 1. The van der Waals surface area contributed by atoms with Crippen molar-refractivity contribution in [1.29, 1.82) is 0 Å². The van der Waals surface area contributed by atoms with E-state index in [1.807, 2.05) is 13.8 Å². The lowest BCUT2D eigenvalue weighted by Crippen LogP contribution is -2.41. The van der Waals surface area contributed by atoms with Crippen molar-refractivity contribution in [2.24, 2.45) is 0 Å². The van der Waals surface area contributed by atoms with Crippen molar-refractivity contribution < 1.29 is 9.59 Å². The number of thiophene rings is 1. The molecule has 0 atom stereocenters. The number of halogens is 1. The van der Waals surface area contributed by atoms with E-state index in [1.54, 1.807) is 30.3 Å². The quantitative estimate of drug-likeness (QED) is 0.815. The van der Waals surface area contributed by atoms with Crippen molar-refractivity contribution >= 4 is 39.1 Å². The average Bonchev–Trinajstić information content (AvgIpc) is 2.76. The highest BCUT2D eigenvalue weighted by Gasteiger charge is 2.12. The number of amides is 2. The smallest absolute Gasteiger partial charge is 0.267 e. The second kappa shape index (κ2) is 6.19. The molecule has 0 saturated heterocycles. The third-order valence-electron chi connectivity index (χ3n) is 2.79. The van der Waals surface area contributed by atoms with Crippen LogP contribution in [0.25, 0.3) is 0 Å². The van der Waals surface area contributed by atoms with Gasteiger partial charge in [0.2, 0.25) is 0 Å². The predicted molar refractivity (Wildman–Crippen MR) is 82.9 cm³/mol. The Morgan fingerprint density at radius 3 is 2.20 bits per heavy atom. The molecular formula is C14H13BrN2O2S. The van der Waals surface area contributed by atoms with E-state index in [4.69, 9.17) is 0 Å². The van der Waals surface area contributed by atoms with Crippen LogP contribution in [0.1, 0.15) is 30.5 Å². The van der Waals surface area contributed by atoms with E-state index in [9.17, 15) is 9.59 Å². The molecule has 2 aromatic rings. The maximum Gasteiger partial charge on any atom is 0.279 e. The van der Waals surface area contributed by atoms with Crippen LogP contribution >= 0.6 is 27.3 Å². The number of carbonyl (C=O) groups is 2. The molecule has 0 spiro atoms. The lowest BCUT2D eigenvalue weighted by molar-refractivity contribution is 0.0849. The van der Waals surface area contributed by atoms with Gasteiger partial charge in [0.15, 0.2) is 0 Å². The zero-order valence-electron chi connectivity index (χ0n) is 11.0. The monoisotopic (exact) mass is 352 g/mol. The minimum Gasteiger partial charge on any atom is -0.267 e. The van der Waals surface area contributed by atoms with Gasteiger partial charge in [0, 0.05) is 14.9 Å². The van der Waals surface area contributed by atoms with Gasteiger partial charge in [0.25, 0.3) is 11.8 Å². The van der Waals surface area contributed by atoms with Crippen LogP contribution in [0, 0.1) is 13.8 Å². The van der Waals surface area contributed by atoms with Gasteiger partial charge in [-0.2, -0.15) is 0 Å². The topological polar surface area (TPSA) is 58.2 Å². The van der Waals surface area contributed by atoms with E-state index >= 15 is 0 Å². The van der Waals surface area contributed by atoms with Gasteiger partial charge < -0.3 is 0 Å². The van der Waals surface area contributed by atoms with Crippen LogP contribution in [0.2, 0.25) is 0 Å². The number of aryl methyl sites for hydroxylation is 2. The van der Waals surface area contributed by atoms with Gasteiger partial charge in [-0.15, -0.1) is 11.3 Å². The van der Waals surface area contributed by atoms with E-state index in [0.29, 0.717) is 10.4 Å². The molecule has 0 radical (unpaired) electrons. The number of hydrogen-bond donors (Lipinski definition) is 2. The summed E-state index contributed by atoms with van der Waals surface area (Å²) >= 11 is 4.70. The number of carbonyl (C=O) groups excluding carboxylic acids is 2. The largest absolute Gasteiger partial charge is 0.279 e.